The van der Waals surface area contributed by atoms with Gasteiger partial charge < -0.3 is 15.8 Å². The van der Waals surface area contributed by atoms with Crippen molar-refractivity contribution >= 4 is 17.3 Å². The van der Waals surface area contributed by atoms with Gasteiger partial charge in [-0.15, -0.1) is 0 Å². The van der Waals surface area contributed by atoms with E-state index in [1.165, 1.54) is 0 Å². The van der Waals surface area contributed by atoms with E-state index in [0.29, 0.717) is 29.6 Å². The van der Waals surface area contributed by atoms with Crippen LogP contribution in [0.1, 0.15) is 37.0 Å². The molecule has 0 aliphatic heterocycles. The molecule has 1 aromatic carbocycles. The molecule has 1 fully saturated rings. The molecule has 1 aromatic rings. The summed E-state index contributed by atoms with van der Waals surface area (Å²) >= 11 is 0. The molecule has 3 N–H and O–H groups in total. The Balaban J connectivity index is 2.18. The Morgan fingerprint density at radius 3 is 2.83 bits per heavy atom. The molecule has 1 aliphatic carbocycles. The third-order valence-electron chi connectivity index (χ3n) is 3.31. The Hall–Kier alpha value is -1.71. The van der Waals surface area contributed by atoms with Crippen LogP contribution < -0.4 is 11.1 Å². The number of carbonyl (C=O) groups is 1. The molecule has 0 atom stereocenters. The Morgan fingerprint density at radius 2 is 2.22 bits per heavy atom. The molecule has 0 amide bonds. The zero-order valence-electron chi connectivity index (χ0n) is 10.9. The summed E-state index contributed by atoms with van der Waals surface area (Å²) in [4.78, 5) is 11.9. The minimum absolute atomic E-state index is 0.320. The van der Waals surface area contributed by atoms with E-state index in [9.17, 15) is 4.79 Å². The van der Waals surface area contributed by atoms with Gasteiger partial charge in [-0.25, -0.2) is 4.79 Å². The SMILES string of the molecule is CCOC(=O)c1cccc(N)c1NC1CC(C)C1. The number of esters is 1. The number of ether oxygens (including phenoxy) is 1. The van der Waals surface area contributed by atoms with Gasteiger partial charge in [0.1, 0.15) is 0 Å². The molecule has 1 saturated carbocycles. The first kappa shape index (κ1) is 12.7. The van der Waals surface area contributed by atoms with Crippen molar-refractivity contribution in [3.8, 4) is 0 Å². The molecule has 0 heterocycles. The number of anilines is 2. The maximum Gasteiger partial charge on any atom is 0.340 e. The number of hydrogen-bond acceptors (Lipinski definition) is 4. The summed E-state index contributed by atoms with van der Waals surface area (Å²) < 4.78 is 5.04. The number of nitrogens with two attached hydrogens (primary N) is 1. The first-order valence-corrected chi connectivity index (χ1v) is 6.44. The molecule has 0 aromatic heterocycles. The minimum atomic E-state index is -0.320. The number of para-hydroxylation sites is 1. The first-order valence-electron chi connectivity index (χ1n) is 6.44. The van der Waals surface area contributed by atoms with E-state index in [0.717, 1.165) is 18.8 Å². The quantitative estimate of drug-likeness (QED) is 0.635. The summed E-state index contributed by atoms with van der Waals surface area (Å²) in [6.07, 6.45) is 2.24. The van der Waals surface area contributed by atoms with Crippen molar-refractivity contribution in [1.82, 2.24) is 0 Å². The van der Waals surface area contributed by atoms with Crippen molar-refractivity contribution in [1.29, 1.82) is 0 Å². The van der Waals surface area contributed by atoms with Gasteiger partial charge in [-0.2, -0.15) is 0 Å². The Kier molecular flexibility index (Phi) is 3.75. The van der Waals surface area contributed by atoms with Crippen LogP contribution in [0.25, 0.3) is 0 Å². The predicted octanol–water partition coefficient (Wildman–Crippen LogP) is 2.66. The summed E-state index contributed by atoms with van der Waals surface area (Å²) in [6.45, 7) is 4.39. The van der Waals surface area contributed by atoms with Crippen LogP contribution in [0, 0.1) is 5.92 Å². The van der Waals surface area contributed by atoms with Crippen LogP contribution in [0.3, 0.4) is 0 Å². The molecule has 4 heteroatoms. The summed E-state index contributed by atoms with van der Waals surface area (Å²) in [5, 5.41) is 3.36. The van der Waals surface area contributed by atoms with Crippen molar-refractivity contribution in [2.24, 2.45) is 5.92 Å². The van der Waals surface area contributed by atoms with Gasteiger partial charge in [0.15, 0.2) is 0 Å². The van der Waals surface area contributed by atoms with Crippen LogP contribution in [0.2, 0.25) is 0 Å². The van der Waals surface area contributed by atoms with Crippen LogP contribution in [0.5, 0.6) is 0 Å². The summed E-state index contributed by atoms with van der Waals surface area (Å²) in [5.74, 6) is 0.429. The minimum Gasteiger partial charge on any atom is -0.462 e. The zero-order valence-corrected chi connectivity index (χ0v) is 10.9. The second kappa shape index (κ2) is 5.29. The number of nitrogen functional groups attached to an aromatic ring is 1. The van der Waals surface area contributed by atoms with Crippen molar-refractivity contribution in [3.05, 3.63) is 23.8 Å². The van der Waals surface area contributed by atoms with Crippen LogP contribution in [-0.4, -0.2) is 18.6 Å². The molecule has 0 bridgehead atoms. The van der Waals surface area contributed by atoms with E-state index in [4.69, 9.17) is 10.5 Å². The number of benzene rings is 1. The van der Waals surface area contributed by atoms with Crippen molar-refractivity contribution in [3.63, 3.8) is 0 Å². The number of rotatable bonds is 4. The maximum absolute atomic E-state index is 11.9. The first-order chi connectivity index (χ1) is 8.61. The Bertz CT molecular complexity index is 439. The van der Waals surface area contributed by atoms with Gasteiger partial charge in [-0.3, -0.25) is 0 Å². The van der Waals surface area contributed by atoms with E-state index in [2.05, 4.69) is 12.2 Å². The molecule has 0 spiro atoms. The fourth-order valence-electron chi connectivity index (χ4n) is 2.33. The monoisotopic (exact) mass is 248 g/mol. The molecule has 98 valence electrons. The van der Waals surface area contributed by atoms with Crippen LogP contribution >= 0.6 is 0 Å². The molecule has 2 rings (SSSR count). The van der Waals surface area contributed by atoms with E-state index < -0.39 is 0 Å². The highest BCUT2D eigenvalue weighted by Crippen LogP contribution is 2.33. The lowest BCUT2D eigenvalue weighted by molar-refractivity contribution is 0.0527. The Labute approximate surface area is 108 Å². The zero-order chi connectivity index (χ0) is 13.1. The van der Waals surface area contributed by atoms with Gasteiger partial charge in [0.05, 0.1) is 23.5 Å². The molecular formula is C14H20N2O2. The van der Waals surface area contributed by atoms with E-state index >= 15 is 0 Å². The summed E-state index contributed by atoms with van der Waals surface area (Å²) in [6, 6.07) is 5.74. The van der Waals surface area contributed by atoms with Crippen molar-refractivity contribution in [2.75, 3.05) is 17.7 Å². The molecular weight excluding hydrogens is 228 g/mol. The normalized spacial score (nSPS) is 22.1. The largest absolute Gasteiger partial charge is 0.462 e. The Morgan fingerprint density at radius 1 is 1.50 bits per heavy atom. The fourth-order valence-corrected chi connectivity index (χ4v) is 2.33. The van der Waals surface area contributed by atoms with Gasteiger partial charge in [-0.05, 0) is 37.8 Å². The summed E-state index contributed by atoms with van der Waals surface area (Å²) in [5.41, 5.74) is 7.78. The van der Waals surface area contributed by atoms with Crippen molar-refractivity contribution in [2.45, 2.75) is 32.7 Å². The van der Waals surface area contributed by atoms with Crippen LogP contribution in [-0.2, 0) is 4.74 Å². The van der Waals surface area contributed by atoms with Gasteiger partial charge in [0, 0.05) is 6.04 Å². The second-order valence-corrected chi connectivity index (χ2v) is 4.91. The molecule has 4 nitrogen and oxygen atoms in total. The van der Waals surface area contributed by atoms with E-state index in [1.54, 1.807) is 25.1 Å². The highest BCUT2D eigenvalue weighted by atomic mass is 16.5. The number of nitrogens with one attached hydrogen (secondary N) is 1. The standard InChI is InChI=1S/C14H20N2O2/c1-3-18-14(17)11-5-4-6-12(15)13(11)16-10-7-9(2)8-10/h4-6,9-10,16H,3,7-8,15H2,1-2H3. The smallest absolute Gasteiger partial charge is 0.340 e. The molecule has 0 unspecified atom stereocenters. The van der Waals surface area contributed by atoms with E-state index in [-0.39, 0.29) is 5.97 Å². The average molecular weight is 248 g/mol. The lowest BCUT2D eigenvalue weighted by Gasteiger charge is -2.34. The van der Waals surface area contributed by atoms with E-state index in [1.807, 2.05) is 0 Å². The molecule has 0 radical (unpaired) electrons. The fraction of sp³-hybridized carbons (Fsp3) is 0.500. The van der Waals surface area contributed by atoms with Gasteiger partial charge in [0.25, 0.3) is 0 Å². The highest BCUT2D eigenvalue weighted by molar-refractivity contribution is 5.98. The topological polar surface area (TPSA) is 64.3 Å². The molecule has 0 saturated heterocycles. The average Bonchev–Trinajstić information content (AvgIpc) is 2.29. The van der Waals surface area contributed by atoms with Gasteiger partial charge in [-0.1, -0.05) is 13.0 Å². The third-order valence-corrected chi connectivity index (χ3v) is 3.31. The van der Waals surface area contributed by atoms with Crippen LogP contribution in [0.15, 0.2) is 18.2 Å². The van der Waals surface area contributed by atoms with Crippen LogP contribution in [0.4, 0.5) is 11.4 Å². The van der Waals surface area contributed by atoms with Gasteiger partial charge in [0.2, 0.25) is 0 Å². The second-order valence-electron chi connectivity index (χ2n) is 4.91. The lowest BCUT2D eigenvalue weighted by Crippen LogP contribution is -2.34. The molecule has 1 aliphatic rings. The summed E-state index contributed by atoms with van der Waals surface area (Å²) in [7, 11) is 0. The highest BCUT2D eigenvalue weighted by Gasteiger charge is 2.27. The van der Waals surface area contributed by atoms with Crippen molar-refractivity contribution < 1.29 is 9.53 Å². The molecule has 18 heavy (non-hydrogen) atoms. The number of carbonyl (C=O) groups excluding carboxylic acids is 1. The predicted molar refractivity (Wildman–Crippen MR) is 72.6 cm³/mol. The maximum atomic E-state index is 11.9. The third kappa shape index (κ3) is 2.58. The van der Waals surface area contributed by atoms with Gasteiger partial charge >= 0.3 is 5.97 Å². The lowest BCUT2D eigenvalue weighted by atomic mass is 9.81. The number of hydrogen-bond donors (Lipinski definition) is 2.